The quantitative estimate of drug-likeness (QED) is 0.800. The largest absolute Gasteiger partial charge is 0.495 e. The minimum atomic E-state index is -0.0598. The topological polar surface area (TPSA) is 50.4 Å². The summed E-state index contributed by atoms with van der Waals surface area (Å²) in [6.45, 7) is 5.46. The lowest BCUT2D eigenvalue weighted by molar-refractivity contribution is -0.112. The zero-order chi connectivity index (χ0) is 13.1. The summed E-state index contributed by atoms with van der Waals surface area (Å²) in [6.07, 6.45) is 0. The van der Waals surface area contributed by atoms with E-state index in [1.54, 1.807) is 7.11 Å². The second-order valence-electron chi connectivity index (χ2n) is 4.49. The van der Waals surface area contributed by atoms with Gasteiger partial charge in [0.05, 0.1) is 12.8 Å². The molecule has 2 N–H and O–H groups in total. The lowest BCUT2D eigenvalue weighted by Gasteiger charge is -2.21. The van der Waals surface area contributed by atoms with Gasteiger partial charge in [0.25, 0.3) is 5.91 Å². The van der Waals surface area contributed by atoms with Crippen molar-refractivity contribution >= 4 is 11.6 Å². The van der Waals surface area contributed by atoms with Gasteiger partial charge in [-0.25, -0.2) is 0 Å². The maximum absolute atomic E-state index is 12.1. The van der Waals surface area contributed by atoms with Crippen molar-refractivity contribution in [1.82, 2.24) is 5.32 Å². The zero-order valence-corrected chi connectivity index (χ0v) is 11.0. The van der Waals surface area contributed by atoms with Crippen LogP contribution in [0.5, 0.6) is 5.75 Å². The van der Waals surface area contributed by atoms with Crippen LogP contribution in [0.2, 0.25) is 0 Å². The summed E-state index contributed by atoms with van der Waals surface area (Å²) in [7, 11) is 1.60. The fraction of sp³-hybridized carbons (Fsp3) is 0.357. The third kappa shape index (κ3) is 2.54. The number of carbonyl (C=O) groups excluding carboxylic acids is 1. The van der Waals surface area contributed by atoms with Gasteiger partial charge in [-0.05, 0) is 37.1 Å². The van der Waals surface area contributed by atoms with E-state index >= 15 is 0 Å². The molecule has 0 radical (unpaired) electrons. The molecule has 1 fully saturated rings. The number of nitrogens with one attached hydrogen (secondary N) is 2. The van der Waals surface area contributed by atoms with Crippen LogP contribution in [0.4, 0.5) is 5.69 Å². The number of aryl methyl sites for hydroxylation is 1. The summed E-state index contributed by atoms with van der Waals surface area (Å²) in [5.41, 5.74) is 3.76. The number of carbonyl (C=O) groups is 1. The van der Waals surface area contributed by atoms with Gasteiger partial charge in [0.1, 0.15) is 5.75 Å². The molecule has 96 valence electrons. The first-order valence-corrected chi connectivity index (χ1v) is 5.97. The van der Waals surface area contributed by atoms with E-state index in [4.69, 9.17) is 4.74 Å². The zero-order valence-electron chi connectivity index (χ0n) is 11.0. The molecule has 18 heavy (non-hydrogen) atoms. The summed E-state index contributed by atoms with van der Waals surface area (Å²) >= 11 is 0. The lowest BCUT2D eigenvalue weighted by Crippen LogP contribution is -2.36. The first-order chi connectivity index (χ1) is 8.61. The van der Waals surface area contributed by atoms with Crippen molar-refractivity contribution < 1.29 is 9.53 Å². The van der Waals surface area contributed by atoms with E-state index in [1.807, 2.05) is 32.0 Å². The van der Waals surface area contributed by atoms with Crippen molar-refractivity contribution in [2.45, 2.75) is 13.8 Å². The lowest BCUT2D eigenvalue weighted by atomic mass is 10.0. The molecule has 4 nitrogen and oxygen atoms in total. The Labute approximate surface area is 107 Å². The van der Waals surface area contributed by atoms with Gasteiger partial charge < -0.3 is 15.4 Å². The minimum Gasteiger partial charge on any atom is -0.495 e. The molecule has 0 aromatic heterocycles. The fourth-order valence-electron chi connectivity index (χ4n) is 1.81. The molecule has 0 aliphatic carbocycles. The van der Waals surface area contributed by atoms with Gasteiger partial charge in [0, 0.05) is 18.7 Å². The number of anilines is 1. The highest BCUT2D eigenvalue weighted by molar-refractivity contribution is 6.04. The highest BCUT2D eigenvalue weighted by Gasteiger charge is 2.17. The molecular weight excluding hydrogens is 228 g/mol. The Bertz CT molecular complexity index is 501. The van der Waals surface area contributed by atoms with E-state index in [2.05, 4.69) is 10.6 Å². The van der Waals surface area contributed by atoms with Crippen LogP contribution in [0.3, 0.4) is 0 Å². The van der Waals surface area contributed by atoms with Crippen LogP contribution in [-0.2, 0) is 4.79 Å². The summed E-state index contributed by atoms with van der Waals surface area (Å²) in [5, 5.41) is 6.03. The van der Waals surface area contributed by atoms with Crippen LogP contribution in [-0.4, -0.2) is 26.1 Å². The van der Waals surface area contributed by atoms with Crippen molar-refractivity contribution in [3.8, 4) is 5.75 Å². The van der Waals surface area contributed by atoms with Crippen molar-refractivity contribution in [2.75, 3.05) is 25.5 Å². The maximum Gasteiger partial charge on any atom is 0.251 e. The third-order valence-electron chi connectivity index (χ3n) is 3.15. The maximum atomic E-state index is 12.1. The molecule has 1 amide bonds. The van der Waals surface area contributed by atoms with Gasteiger partial charge in [-0.3, -0.25) is 4.79 Å². The van der Waals surface area contributed by atoms with Crippen LogP contribution in [0.1, 0.15) is 12.5 Å². The van der Waals surface area contributed by atoms with E-state index in [0.717, 1.165) is 29.9 Å². The molecule has 1 aliphatic heterocycles. The molecule has 0 unspecified atom stereocenters. The van der Waals surface area contributed by atoms with Gasteiger partial charge in [-0.1, -0.05) is 6.07 Å². The summed E-state index contributed by atoms with van der Waals surface area (Å²) in [6, 6.07) is 5.72. The first-order valence-electron chi connectivity index (χ1n) is 5.97. The van der Waals surface area contributed by atoms with Gasteiger partial charge in [0.15, 0.2) is 0 Å². The molecule has 1 heterocycles. The SMILES string of the molecule is COc1ccc(C)cc1NC(=O)C(C)=C1CNC1. The summed E-state index contributed by atoms with van der Waals surface area (Å²) in [4.78, 5) is 12.1. The number of rotatable bonds is 3. The Morgan fingerprint density at radius 3 is 2.67 bits per heavy atom. The van der Waals surface area contributed by atoms with Crippen molar-refractivity contribution in [3.63, 3.8) is 0 Å². The van der Waals surface area contributed by atoms with Crippen LogP contribution < -0.4 is 15.4 Å². The molecular formula is C14H18N2O2. The van der Waals surface area contributed by atoms with E-state index in [1.165, 1.54) is 5.57 Å². The van der Waals surface area contributed by atoms with Crippen LogP contribution >= 0.6 is 0 Å². The standard InChI is InChI=1S/C14H18N2O2/c1-9-4-5-13(18-3)12(6-9)16-14(17)10(2)11-7-15-8-11/h4-6,15H,7-8H2,1-3H3,(H,16,17). The molecule has 1 aromatic carbocycles. The molecule has 1 aliphatic rings. The molecule has 0 atom stereocenters. The number of methoxy groups -OCH3 is 1. The first kappa shape index (κ1) is 12.6. The van der Waals surface area contributed by atoms with E-state index in [-0.39, 0.29) is 5.91 Å². The molecule has 0 spiro atoms. The molecule has 2 rings (SSSR count). The van der Waals surface area contributed by atoms with Gasteiger partial charge in [-0.15, -0.1) is 0 Å². The van der Waals surface area contributed by atoms with Crippen molar-refractivity contribution in [3.05, 3.63) is 34.9 Å². The second kappa shape index (κ2) is 5.23. The molecule has 0 saturated carbocycles. The molecule has 1 saturated heterocycles. The Hall–Kier alpha value is -1.81. The van der Waals surface area contributed by atoms with Crippen molar-refractivity contribution in [2.24, 2.45) is 0 Å². The minimum absolute atomic E-state index is 0.0598. The van der Waals surface area contributed by atoms with Crippen LogP contribution in [0.25, 0.3) is 0 Å². The highest BCUT2D eigenvalue weighted by Crippen LogP contribution is 2.26. The number of ether oxygens (including phenoxy) is 1. The van der Waals surface area contributed by atoms with Gasteiger partial charge >= 0.3 is 0 Å². The van der Waals surface area contributed by atoms with E-state index in [9.17, 15) is 4.79 Å². The molecule has 1 aromatic rings. The predicted octanol–water partition coefficient (Wildman–Crippen LogP) is 1.86. The average molecular weight is 246 g/mol. The second-order valence-corrected chi connectivity index (χ2v) is 4.49. The summed E-state index contributed by atoms with van der Waals surface area (Å²) in [5.74, 6) is 0.619. The highest BCUT2D eigenvalue weighted by atomic mass is 16.5. The Kier molecular flexibility index (Phi) is 3.67. The average Bonchev–Trinajstić information content (AvgIpc) is 2.27. The third-order valence-corrected chi connectivity index (χ3v) is 3.15. The Morgan fingerprint density at radius 1 is 1.39 bits per heavy atom. The number of benzene rings is 1. The smallest absolute Gasteiger partial charge is 0.251 e. The predicted molar refractivity (Wildman–Crippen MR) is 71.9 cm³/mol. The van der Waals surface area contributed by atoms with Gasteiger partial charge in [-0.2, -0.15) is 0 Å². The monoisotopic (exact) mass is 246 g/mol. The van der Waals surface area contributed by atoms with Crippen molar-refractivity contribution in [1.29, 1.82) is 0 Å². The number of amides is 1. The van der Waals surface area contributed by atoms with Crippen LogP contribution in [0.15, 0.2) is 29.3 Å². The Morgan fingerprint density at radius 2 is 2.11 bits per heavy atom. The fourth-order valence-corrected chi connectivity index (χ4v) is 1.81. The molecule has 4 heteroatoms. The Balaban J connectivity index is 2.18. The van der Waals surface area contributed by atoms with Crippen LogP contribution in [0, 0.1) is 6.92 Å². The number of hydrogen-bond acceptors (Lipinski definition) is 3. The van der Waals surface area contributed by atoms with Gasteiger partial charge in [0.2, 0.25) is 0 Å². The van der Waals surface area contributed by atoms with E-state index in [0.29, 0.717) is 5.75 Å². The number of hydrogen-bond donors (Lipinski definition) is 2. The van der Waals surface area contributed by atoms with E-state index < -0.39 is 0 Å². The molecule has 0 bridgehead atoms. The normalized spacial score (nSPS) is 13.8. The summed E-state index contributed by atoms with van der Waals surface area (Å²) < 4.78 is 5.24.